The lowest BCUT2D eigenvalue weighted by molar-refractivity contribution is -0.162. The summed E-state index contributed by atoms with van der Waals surface area (Å²) in [5.41, 5.74) is -2.75. The Morgan fingerprint density at radius 3 is 2.10 bits per heavy atom. The molecule has 0 heterocycles. The summed E-state index contributed by atoms with van der Waals surface area (Å²) < 4.78 is 13.4. The molecule has 0 aromatic rings. The Kier molecular flexibility index (Phi) is 7.53. The van der Waals surface area contributed by atoms with E-state index in [2.05, 4.69) is 14.2 Å². The molecule has 0 amide bonds. The van der Waals surface area contributed by atoms with Crippen LogP contribution < -0.4 is 0 Å². The molecule has 0 rings (SSSR count). The molecule has 0 aromatic carbocycles. The van der Waals surface area contributed by atoms with Gasteiger partial charge in [-0.1, -0.05) is 13.3 Å². The fourth-order valence-corrected chi connectivity index (χ4v) is 1.58. The molecule has 0 saturated carbocycles. The van der Waals surface area contributed by atoms with E-state index in [0.717, 1.165) is 27.4 Å². The Morgan fingerprint density at radius 2 is 1.70 bits per heavy atom. The molecule has 0 saturated heterocycles. The van der Waals surface area contributed by atoms with Crippen molar-refractivity contribution in [3.63, 3.8) is 0 Å². The highest BCUT2D eigenvalue weighted by molar-refractivity contribution is 6.04. The van der Waals surface area contributed by atoms with Crippen LogP contribution in [0.1, 0.15) is 26.2 Å². The van der Waals surface area contributed by atoms with Gasteiger partial charge in [0, 0.05) is 6.08 Å². The van der Waals surface area contributed by atoms with E-state index in [-0.39, 0.29) is 6.42 Å². The number of ether oxygens (including phenoxy) is 3. The Bertz CT molecular complexity index is 400. The van der Waals surface area contributed by atoms with Crippen molar-refractivity contribution in [3.8, 4) is 0 Å². The van der Waals surface area contributed by atoms with Gasteiger partial charge in [-0.3, -0.25) is 0 Å². The van der Waals surface area contributed by atoms with Crippen molar-refractivity contribution in [3.05, 3.63) is 11.6 Å². The third kappa shape index (κ3) is 4.34. The number of carbonyl (C=O) groups excluding carboxylic acids is 3. The Balaban J connectivity index is 5.74. The molecule has 114 valence electrons. The number of hydrogen-bond donors (Lipinski definition) is 1. The van der Waals surface area contributed by atoms with Gasteiger partial charge in [0.15, 0.2) is 5.60 Å². The first kappa shape index (κ1) is 18.1. The molecule has 0 spiro atoms. The standard InChI is InChI=1S/C13H20O7/c1-5-6-7-13(17,12(16)20-4)9(11(15)19-3)8-10(14)18-2/h8,17H,5-7H2,1-4H3/b9-8+/t13-/m1/s1. The molecule has 0 aliphatic heterocycles. The van der Waals surface area contributed by atoms with Gasteiger partial charge >= 0.3 is 17.9 Å². The number of esters is 3. The Morgan fingerprint density at radius 1 is 1.10 bits per heavy atom. The van der Waals surface area contributed by atoms with Gasteiger partial charge in [-0.15, -0.1) is 0 Å². The second-order valence-electron chi connectivity index (χ2n) is 4.03. The molecule has 1 N–H and O–H groups in total. The number of aliphatic hydroxyl groups is 1. The number of carbonyl (C=O) groups is 3. The Labute approximate surface area is 117 Å². The van der Waals surface area contributed by atoms with E-state index in [0.29, 0.717) is 12.8 Å². The van der Waals surface area contributed by atoms with Crippen molar-refractivity contribution in [2.45, 2.75) is 31.8 Å². The van der Waals surface area contributed by atoms with Gasteiger partial charge in [0.05, 0.1) is 26.9 Å². The topological polar surface area (TPSA) is 99.1 Å². The van der Waals surface area contributed by atoms with Gasteiger partial charge in [-0.05, 0) is 12.8 Å². The summed E-state index contributed by atoms with van der Waals surface area (Å²) in [6.45, 7) is 1.85. The van der Waals surface area contributed by atoms with Crippen LogP contribution in [0.3, 0.4) is 0 Å². The predicted octanol–water partition coefficient (Wildman–Crippen LogP) is 0.353. The molecule has 7 nitrogen and oxygen atoms in total. The smallest absolute Gasteiger partial charge is 0.342 e. The van der Waals surface area contributed by atoms with E-state index in [1.807, 2.05) is 6.92 Å². The minimum atomic E-state index is -2.24. The Hall–Kier alpha value is -1.89. The van der Waals surface area contributed by atoms with Crippen LogP contribution in [0.15, 0.2) is 11.6 Å². The molecule has 0 unspecified atom stereocenters. The highest BCUT2D eigenvalue weighted by Crippen LogP contribution is 2.26. The largest absolute Gasteiger partial charge is 0.467 e. The molecule has 20 heavy (non-hydrogen) atoms. The third-order valence-electron chi connectivity index (χ3n) is 2.73. The number of unbranched alkanes of at least 4 members (excludes halogenated alkanes) is 1. The fraction of sp³-hybridized carbons (Fsp3) is 0.615. The van der Waals surface area contributed by atoms with Gasteiger partial charge in [0.1, 0.15) is 0 Å². The molecule has 7 heteroatoms. The van der Waals surface area contributed by atoms with Gasteiger partial charge < -0.3 is 19.3 Å². The van der Waals surface area contributed by atoms with Gasteiger partial charge in [0.2, 0.25) is 0 Å². The number of methoxy groups -OCH3 is 3. The van der Waals surface area contributed by atoms with Crippen LogP contribution in [-0.4, -0.2) is 49.9 Å². The van der Waals surface area contributed by atoms with Crippen LogP contribution in [0.5, 0.6) is 0 Å². The molecule has 0 radical (unpaired) electrons. The average Bonchev–Trinajstić information content (AvgIpc) is 2.47. The SMILES string of the molecule is CCCC[C@](O)(C(=O)OC)/C(=C/C(=O)OC)C(=O)OC. The van der Waals surface area contributed by atoms with Gasteiger partial charge in [0.25, 0.3) is 0 Å². The van der Waals surface area contributed by atoms with Crippen molar-refractivity contribution in [1.29, 1.82) is 0 Å². The molecule has 0 bridgehead atoms. The number of rotatable bonds is 7. The molecule has 0 aromatic heterocycles. The molecule has 0 aliphatic carbocycles. The van der Waals surface area contributed by atoms with E-state index >= 15 is 0 Å². The highest BCUT2D eigenvalue weighted by atomic mass is 16.5. The van der Waals surface area contributed by atoms with Crippen molar-refractivity contribution in [1.82, 2.24) is 0 Å². The predicted molar refractivity (Wildman–Crippen MR) is 68.6 cm³/mol. The third-order valence-corrected chi connectivity index (χ3v) is 2.73. The monoisotopic (exact) mass is 288 g/mol. The molecular formula is C13H20O7. The van der Waals surface area contributed by atoms with Gasteiger partial charge in [-0.2, -0.15) is 0 Å². The maximum Gasteiger partial charge on any atom is 0.342 e. The normalized spacial score (nSPS) is 14.2. The van der Waals surface area contributed by atoms with Crippen molar-refractivity contribution in [2.24, 2.45) is 0 Å². The lowest BCUT2D eigenvalue weighted by Gasteiger charge is -2.26. The molecule has 0 fully saturated rings. The maximum absolute atomic E-state index is 11.8. The minimum Gasteiger partial charge on any atom is -0.467 e. The van der Waals surface area contributed by atoms with Crippen LogP contribution in [0.2, 0.25) is 0 Å². The zero-order chi connectivity index (χ0) is 15.8. The van der Waals surface area contributed by atoms with Crippen LogP contribution in [0.4, 0.5) is 0 Å². The van der Waals surface area contributed by atoms with Crippen LogP contribution in [0.25, 0.3) is 0 Å². The van der Waals surface area contributed by atoms with Crippen molar-refractivity contribution in [2.75, 3.05) is 21.3 Å². The van der Waals surface area contributed by atoms with Crippen LogP contribution in [-0.2, 0) is 28.6 Å². The zero-order valence-corrected chi connectivity index (χ0v) is 12.1. The zero-order valence-electron chi connectivity index (χ0n) is 12.1. The summed E-state index contributed by atoms with van der Waals surface area (Å²) in [5.74, 6) is -2.92. The quantitative estimate of drug-likeness (QED) is 0.410. The lowest BCUT2D eigenvalue weighted by Crippen LogP contribution is -2.45. The first-order valence-corrected chi connectivity index (χ1v) is 6.06. The maximum atomic E-state index is 11.8. The summed E-state index contributed by atoms with van der Waals surface area (Å²) in [7, 11) is 3.26. The molecular weight excluding hydrogens is 268 g/mol. The molecule has 0 aliphatic rings. The highest BCUT2D eigenvalue weighted by Gasteiger charge is 2.45. The van der Waals surface area contributed by atoms with Crippen molar-refractivity contribution >= 4 is 17.9 Å². The van der Waals surface area contributed by atoms with E-state index in [4.69, 9.17) is 0 Å². The van der Waals surface area contributed by atoms with Crippen LogP contribution in [0, 0.1) is 0 Å². The number of hydrogen-bond acceptors (Lipinski definition) is 7. The summed E-state index contributed by atoms with van der Waals surface area (Å²) >= 11 is 0. The second-order valence-corrected chi connectivity index (χ2v) is 4.03. The summed E-state index contributed by atoms with van der Waals surface area (Å²) in [6.07, 6.45) is 1.78. The van der Waals surface area contributed by atoms with E-state index in [1.165, 1.54) is 0 Å². The lowest BCUT2D eigenvalue weighted by atomic mass is 9.87. The fourth-order valence-electron chi connectivity index (χ4n) is 1.58. The first-order chi connectivity index (χ1) is 9.37. The summed E-state index contributed by atoms with van der Waals surface area (Å²) in [6, 6.07) is 0. The van der Waals surface area contributed by atoms with Crippen molar-refractivity contribution < 1.29 is 33.7 Å². The summed E-state index contributed by atoms with van der Waals surface area (Å²) in [5, 5.41) is 10.5. The molecule has 1 atom stereocenters. The first-order valence-electron chi connectivity index (χ1n) is 6.06. The van der Waals surface area contributed by atoms with E-state index in [1.54, 1.807) is 0 Å². The van der Waals surface area contributed by atoms with Gasteiger partial charge in [-0.25, -0.2) is 14.4 Å². The van der Waals surface area contributed by atoms with E-state index < -0.39 is 29.1 Å². The summed E-state index contributed by atoms with van der Waals surface area (Å²) in [4.78, 5) is 34.8. The minimum absolute atomic E-state index is 0.0753. The van der Waals surface area contributed by atoms with E-state index in [9.17, 15) is 19.5 Å². The second kappa shape index (κ2) is 8.31. The average molecular weight is 288 g/mol. The van der Waals surface area contributed by atoms with Crippen LogP contribution >= 0.6 is 0 Å².